The van der Waals surface area contributed by atoms with E-state index in [2.05, 4.69) is 41.5 Å². The number of aryl methyl sites for hydroxylation is 1. The van der Waals surface area contributed by atoms with Gasteiger partial charge in [-0.1, -0.05) is 29.8 Å². The van der Waals surface area contributed by atoms with Crippen LogP contribution in [0.3, 0.4) is 0 Å². The van der Waals surface area contributed by atoms with Crippen molar-refractivity contribution in [1.82, 2.24) is 24.7 Å². The molecule has 0 saturated carbocycles. The van der Waals surface area contributed by atoms with Crippen LogP contribution < -0.4 is 15.4 Å². The van der Waals surface area contributed by atoms with E-state index in [-0.39, 0.29) is 16.0 Å². The molecule has 10 nitrogen and oxygen atoms in total. The number of hydrogen-bond acceptors (Lipinski definition) is 7. The van der Waals surface area contributed by atoms with Gasteiger partial charge in [0.05, 0.1) is 11.4 Å². The normalized spacial score (nSPS) is 11.1. The minimum Gasteiger partial charge on any atom is -0.332 e. The number of nitrogens with zero attached hydrogens (tertiary/aromatic N) is 5. The van der Waals surface area contributed by atoms with E-state index in [0.717, 1.165) is 5.56 Å². The Morgan fingerprint density at radius 3 is 2.45 bits per heavy atom. The first-order valence-electron chi connectivity index (χ1n) is 9.80. The molecular formula is C21H20N8O2S2. The summed E-state index contributed by atoms with van der Waals surface area (Å²) < 4.78 is 29.0. The molecule has 2 aromatic heterocycles. The fourth-order valence-corrected chi connectivity index (χ4v) is 4.11. The van der Waals surface area contributed by atoms with E-state index in [4.69, 9.17) is 12.2 Å². The summed E-state index contributed by atoms with van der Waals surface area (Å²) in [4.78, 5) is 12.0. The molecule has 4 aromatic rings. The van der Waals surface area contributed by atoms with E-state index in [1.54, 1.807) is 29.2 Å². The Bertz CT molecular complexity index is 1360. The monoisotopic (exact) mass is 480 g/mol. The van der Waals surface area contributed by atoms with Gasteiger partial charge in [0, 0.05) is 18.1 Å². The molecule has 4 rings (SSSR count). The lowest BCUT2D eigenvalue weighted by Crippen LogP contribution is -2.20. The summed E-state index contributed by atoms with van der Waals surface area (Å²) in [5.74, 6) is 0.353. The van der Waals surface area contributed by atoms with Gasteiger partial charge < -0.3 is 5.32 Å². The standard InChI is InChI=1S/C21H20N8O2S2/c1-15-4-2-5-16(12-15)13-29-14-24-20(27-29)26-21(32)25-17-6-8-18(9-7-17)33(30,31)28-19-22-10-3-11-23-19/h2-12,14H,13H2,1H3,(H,22,23,28)(H2,25,26,27,32). The van der Waals surface area contributed by atoms with Gasteiger partial charge >= 0.3 is 0 Å². The van der Waals surface area contributed by atoms with Crippen molar-refractivity contribution in [3.63, 3.8) is 0 Å². The number of nitrogens with one attached hydrogen (secondary N) is 3. The average molecular weight is 481 g/mol. The molecular weight excluding hydrogens is 460 g/mol. The predicted molar refractivity (Wildman–Crippen MR) is 129 cm³/mol. The van der Waals surface area contributed by atoms with Gasteiger partial charge in [0.2, 0.25) is 11.9 Å². The van der Waals surface area contributed by atoms with Crippen molar-refractivity contribution in [3.8, 4) is 0 Å². The van der Waals surface area contributed by atoms with E-state index in [9.17, 15) is 8.42 Å². The molecule has 12 heteroatoms. The lowest BCUT2D eigenvalue weighted by molar-refractivity contribution is 0.601. The zero-order valence-corrected chi connectivity index (χ0v) is 19.1. The Morgan fingerprint density at radius 2 is 1.73 bits per heavy atom. The maximum atomic E-state index is 12.5. The van der Waals surface area contributed by atoms with Gasteiger partial charge in [0.15, 0.2) is 5.11 Å². The topological polar surface area (TPSA) is 127 Å². The zero-order valence-electron chi connectivity index (χ0n) is 17.5. The van der Waals surface area contributed by atoms with E-state index in [0.29, 0.717) is 18.2 Å². The third kappa shape index (κ3) is 6.08. The molecule has 0 aliphatic rings. The first-order chi connectivity index (χ1) is 15.9. The van der Waals surface area contributed by atoms with Gasteiger partial charge in [-0.05, 0) is 55.0 Å². The van der Waals surface area contributed by atoms with Crippen LogP contribution in [-0.2, 0) is 16.6 Å². The van der Waals surface area contributed by atoms with E-state index < -0.39 is 10.0 Å². The molecule has 0 saturated heterocycles. The molecule has 0 atom stereocenters. The van der Waals surface area contributed by atoms with E-state index >= 15 is 0 Å². The predicted octanol–water partition coefficient (Wildman–Crippen LogP) is 3.03. The highest BCUT2D eigenvalue weighted by atomic mass is 32.2. The molecule has 33 heavy (non-hydrogen) atoms. The summed E-state index contributed by atoms with van der Waals surface area (Å²) in [5, 5.41) is 10.5. The van der Waals surface area contributed by atoms with Crippen molar-refractivity contribution in [1.29, 1.82) is 0 Å². The molecule has 0 amide bonds. The molecule has 0 aliphatic heterocycles. The second-order valence-electron chi connectivity index (χ2n) is 7.04. The van der Waals surface area contributed by atoms with Crippen LogP contribution in [-0.4, -0.2) is 38.3 Å². The van der Waals surface area contributed by atoms with Gasteiger partial charge in [0.1, 0.15) is 6.33 Å². The van der Waals surface area contributed by atoms with Gasteiger partial charge in [-0.2, -0.15) is 0 Å². The van der Waals surface area contributed by atoms with Crippen LogP contribution in [0.25, 0.3) is 0 Å². The van der Waals surface area contributed by atoms with Crippen LogP contribution >= 0.6 is 12.2 Å². The quantitative estimate of drug-likeness (QED) is 0.342. The lowest BCUT2D eigenvalue weighted by Gasteiger charge is -2.10. The molecule has 0 fully saturated rings. The van der Waals surface area contributed by atoms with Crippen LogP contribution in [0.5, 0.6) is 0 Å². The molecule has 2 heterocycles. The highest BCUT2D eigenvalue weighted by Gasteiger charge is 2.15. The number of rotatable bonds is 7. The fraction of sp³-hybridized carbons (Fsp3) is 0.0952. The molecule has 0 unspecified atom stereocenters. The van der Waals surface area contributed by atoms with Crippen molar-refractivity contribution < 1.29 is 8.42 Å². The van der Waals surface area contributed by atoms with Gasteiger partial charge in [-0.15, -0.1) is 5.10 Å². The lowest BCUT2D eigenvalue weighted by atomic mass is 10.1. The zero-order chi connectivity index (χ0) is 23.3. The third-order valence-electron chi connectivity index (χ3n) is 4.40. The van der Waals surface area contributed by atoms with E-state index in [1.165, 1.54) is 30.1 Å². The summed E-state index contributed by atoms with van der Waals surface area (Å²) in [7, 11) is -3.81. The second-order valence-corrected chi connectivity index (χ2v) is 9.13. The maximum Gasteiger partial charge on any atom is 0.264 e. The maximum absolute atomic E-state index is 12.5. The summed E-state index contributed by atoms with van der Waals surface area (Å²) in [5.41, 5.74) is 2.90. The number of benzene rings is 2. The van der Waals surface area contributed by atoms with Crippen LogP contribution in [0.15, 0.2) is 78.2 Å². The largest absolute Gasteiger partial charge is 0.332 e. The van der Waals surface area contributed by atoms with Crippen LogP contribution in [0.1, 0.15) is 11.1 Å². The van der Waals surface area contributed by atoms with Crippen LogP contribution in [0.2, 0.25) is 0 Å². The Labute approximate surface area is 196 Å². The summed E-state index contributed by atoms with van der Waals surface area (Å²) in [6.07, 6.45) is 4.52. The third-order valence-corrected chi connectivity index (χ3v) is 5.95. The Kier molecular flexibility index (Phi) is 6.56. The highest BCUT2D eigenvalue weighted by molar-refractivity contribution is 7.92. The summed E-state index contributed by atoms with van der Waals surface area (Å²) in [6.45, 7) is 2.63. The number of sulfonamides is 1. The molecule has 168 valence electrons. The Hall–Kier alpha value is -3.90. The minimum absolute atomic E-state index is 0.000542. The number of thiocarbonyl (C=S) groups is 1. The smallest absolute Gasteiger partial charge is 0.264 e. The van der Waals surface area contributed by atoms with E-state index in [1.807, 2.05) is 25.1 Å². The molecule has 2 aromatic carbocycles. The second kappa shape index (κ2) is 9.71. The van der Waals surface area contributed by atoms with Crippen molar-refractivity contribution in [2.75, 3.05) is 15.4 Å². The molecule has 0 spiro atoms. The highest BCUT2D eigenvalue weighted by Crippen LogP contribution is 2.16. The van der Waals surface area contributed by atoms with Crippen molar-refractivity contribution in [3.05, 3.63) is 84.4 Å². The van der Waals surface area contributed by atoms with Crippen LogP contribution in [0, 0.1) is 6.92 Å². The average Bonchev–Trinajstić information content (AvgIpc) is 3.21. The minimum atomic E-state index is -3.81. The van der Waals surface area contributed by atoms with Gasteiger partial charge in [-0.25, -0.2) is 32.8 Å². The number of anilines is 3. The summed E-state index contributed by atoms with van der Waals surface area (Å²) >= 11 is 5.31. The number of hydrogen-bond donors (Lipinski definition) is 3. The molecule has 0 radical (unpaired) electrons. The molecule has 3 N–H and O–H groups in total. The van der Waals surface area contributed by atoms with Crippen molar-refractivity contribution >= 4 is 44.9 Å². The Balaban J connectivity index is 1.34. The number of aromatic nitrogens is 5. The SMILES string of the molecule is Cc1cccc(Cn2cnc(NC(=S)Nc3ccc(S(=O)(=O)Nc4ncccn4)cc3)n2)c1. The molecule has 0 bridgehead atoms. The van der Waals surface area contributed by atoms with Gasteiger partial charge in [0.25, 0.3) is 10.0 Å². The fourth-order valence-electron chi connectivity index (χ4n) is 2.94. The molecule has 0 aliphatic carbocycles. The van der Waals surface area contributed by atoms with Gasteiger partial charge in [-0.3, -0.25) is 5.32 Å². The first-order valence-corrected chi connectivity index (χ1v) is 11.7. The first kappa shape index (κ1) is 22.3. The van der Waals surface area contributed by atoms with Crippen LogP contribution in [0.4, 0.5) is 17.6 Å². The van der Waals surface area contributed by atoms with Crippen molar-refractivity contribution in [2.45, 2.75) is 18.4 Å². The van der Waals surface area contributed by atoms with Crippen molar-refractivity contribution in [2.24, 2.45) is 0 Å². The Morgan fingerprint density at radius 1 is 0.970 bits per heavy atom. The summed E-state index contributed by atoms with van der Waals surface area (Å²) in [6, 6.07) is 15.8.